The summed E-state index contributed by atoms with van der Waals surface area (Å²) in [4.78, 5) is 19.2. The Balaban J connectivity index is 1.67. The molecule has 1 atom stereocenters. The Morgan fingerprint density at radius 1 is 1.16 bits per heavy atom. The summed E-state index contributed by atoms with van der Waals surface area (Å²) < 4.78 is 14.6. The number of benzene rings is 3. The lowest BCUT2D eigenvalue weighted by Gasteiger charge is -2.19. The first-order valence-corrected chi connectivity index (χ1v) is 13.8. The maximum atomic E-state index is 13.7. The van der Waals surface area contributed by atoms with Gasteiger partial charge in [0.1, 0.15) is 6.61 Å². The monoisotopic (exact) mass is 604 g/mol. The van der Waals surface area contributed by atoms with Crippen LogP contribution < -0.4 is 24.4 Å². The normalized spacial score (nSPS) is 14.7. The van der Waals surface area contributed by atoms with Crippen molar-refractivity contribution in [3.05, 3.63) is 119 Å². The van der Waals surface area contributed by atoms with E-state index in [0.717, 1.165) is 21.3 Å². The number of ether oxygens (including phenoxy) is 2. The minimum absolute atomic E-state index is 0.0670. The van der Waals surface area contributed by atoms with Gasteiger partial charge in [0.25, 0.3) is 5.56 Å². The van der Waals surface area contributed by atoms with Gasteiger partial charge in [-0.05, 0) is 60.0 Å². The number of aromatic nitrogens is 1. The third-order valence-corrected chi connectivity index (χ3v) is 7.65. The van der Waals surface area contributed by atoms with E-state index < -0.39 is 0 Å². The molecule has 5 rings (SSSR count). The number of halogens is 2. The molecule has 0 aliphatic carbocycles. The van der Waals surface area contributed by atoms with Crippen molar-refractivity contribution in [3.63, 3.8) is 0 Å². The second-order valence-corrected chi connectivity index (χ2v) is 10.7. The van der Waals surface area contributed by atoms with E-state index in [1.807, 2.05) is 67.6 Å². The largest absolute Gasteiger partial charge is 0.490 e. The van der Waals surface area contributed by atoms with Crippen LogP contribution in [0.3, 0.4) is 0 Å². The van der Waals surface area contributed by atoms with Crippen molar-refractivity contribution in [2.45, 2.75) is 13.0 Å². The number of hydrogen-bond acceptors (Lipinski definition) is 5. The predicted molar refractivity (Wildman–Crippen MR) is 157 cm³/mol. The van der Waals surface area contributed by atoms with Crippen molar-refractivity contribution in [2.75, 3.05) is 13.2 Å². The Bertz CT molecular complexity index is 1740. The summed E-state index contributed by atoms with van der Waals surface area (Å²) in [5.41, 5.74) is 3.37. The van der Waals surface area contributed by atoms with Gasteiger partial charge in [0.05, 0.1) is 27.9 Å². The van der Waals surface area contributed by atoms with E-state index in [1.54, 1.807) is 22.8 Å². The molecule has 0 saturated carbocycles. The summed E-state index contributed by atoms with van der Waals surface area (Å²) in [6.07, 6.45) is 9.17. The SMILES string of the molecule is C#CCOc1c(Cl)cc(C=c2sc3n(c2=O)C(c2ccc(Br)cc2)C=C(c2ccccc2)N=3)cc1OCC. The fourth-order valence-corrected chi connectivity index (χ4v) is 5.74. The van der Waals surface area contributed by atoms with Crippen molar-refractivity contribution in [3.8, 4) is 23.8 Å². The number of terminal acetylenes is 1. The van der Waals surface area contributed by atoms with Gasteiger partial charge in [0, 0.05) is 4.47 Å². The average Bonchev–Trinajstić information content (AvgIpc) is 3.23. The van der Waals surface area contributed by atoms with Crippen LogP contribution in [0, 0.1) is 12.3 Å². The standard InChI is InChI=1S/C30H22BrClN2O3S/c1-3-14-37-28-23(32)15-19(16-26(28)36-4-2)17-27-29(35)34-25(21-10-12-22(31)13-11-21)18-24(33-30(34)38-27)20-8-6-5-7-9-20/h1,5-13,15-18,25H,4,14H2,2H3. The molecule has 4 aromatic rings. The van der Waals surface area contributed by atoms with Crippen molar-refractivity contribution in [2.24, 2.45) is 4.99 Å². The molecule has 5 nitrogen and oxygen atoms in total. The Labute approximate surface area is 237 Å². The highest BCUT2D eigenvalue weighted by Crippen LogP contribution is 2.37. The molecule has 0 fully saturated rings. The summed E-state index contributed by atoms with van der Waals surface area (Å²) in [6.45, 7) is 2.36. The van der Waals surface area contributed by atoms with E-state index in [1.165, 1.54) is 11.3 Å². The Hall–Kier alpha value is -3.57. The molecule has 0 amide bonds. The minimum Gasteiger partial charge on any atom is -0.490 e. The van der Waals surface area contributed by atoms with E-state index in [9.17, 15) is 4.79 Å². The molecule has 0 bridgehead atoms. The molecule has 3 aromatic carbocycles. The molecule has 2 heterocycles. The number of nitrogens with zero attached hydrogens (tertiary/aromatic N) is 2. The van der Waals surface area contributed by atoms with Gasteiger partial charge >= 0.3 is 0 Å². The third-order valence-electron chi connectivity index (χ3n) is 5.86. The van der Waals surface area contributed by atoms with E-state index in [2.05, 4.69) is 21.9 Å². The van der Waals surface area contributed by atoms with Crippen LogP contribution in [-0.4, -0.2) is 17.8 Å². The summed E-state index contributed by atoms with van der Waals surface area (Å²) in [5.74, 6) is 3.28. The van der Waals surface area contributed by atoms with Crippen LogP contribution in [0.25, 0.3) is 11.8 Å². The maximum absolute atomic E-state index is 13.7. The predicted octanol–water partition coefficient (Wildman–Crippen LogP) is 5.83. The highest BCUT2D eigenvalue weighted by atomic mass is 79.9. The third kappa shape index (κ3) is 5.34. The van der Waals surface area contributed by atoms with E-state index in [4.69, 9.17) is 32.5 Å². The Morgan fingerprint density at radius 2 is 1.92 bits per heavy atom. The molecular weight excluding hydrogens is 584 g/mol. The molecule has 0 spiro atoms. The maximum Gasteiger partial charge on any atom is 0.271 e. The first kappa shape index (κ1) is 26.1. The summed E-state index contributed by atoms with van der Waals surface area (Å²) >= 11 is 11.4. The number of allylic oxidation sites excluding steroid dienone is 1. The zero-order valence-electron chi connectivity index (χ0n) is 20.4. The van der Waals surface area contributed by atoms with Gasteiger partial charge in [-0.25, -0.2) is 4.99 Å². The van der Waals surface area contributed by atoms with Crippen molar-refractivity contribution in [1.29, 1.82) is 0 Å². The van der Waals surface area contributed by atoms with E-state index in [-0.39, 0.29) is 18.2 Å². The minimum atomic E-state index is -0.307. The second-order valence-electron chi connectivity index (χ2n) is 8.35. The first-order chi connectivity index (χ1) is 18.5. The molecule has 0 radical (unpaired) electrons. The molecule has 1 aliphatic rings. The smallest absolute Gasteiger partial charge is 0.271 e. The van der Waals surface area contributed by atoms with Crippen LogP contribution in [0.15, 0.2) is 87.1 Å². The van der Waals surface area contributed by atoms with Crippen LogP contribution in [0.5, 0.6) is 11.5 Å². The molecule has 0 N–H and O–H groups in total. The van der Waals surface area contributed by atoms with Gasteiger partial charge in [0.15, 0.2) is 16.3 Å². The zero-order chi connectivity index (χ0) is 26.6. The molecule has 1 aliphatic heterocycles. The van der Waals surface area contributed by atoms with Gasteiger partial charge < -0.3 is 9.47 Å². The topological polar surface area (TPSA) is 52.8 Å². The van der Waals surface area contributed by atoms with Gasteiger partial charge in [-0.2, -0.15) is 0 Å². The lowest BCUT2D eigenvalue weighted by atomic mass is 10.0. The fourth-order valence-electron chi connectivity index (χ4n) is 4.19. The number of fused-ring (bicyclic) bond motifs is 1. The molecule has 190 valence electrons. The molecule has 38 heavy (non-hydrogen) atoms. The van der Waals surface area contributed by atoms with Crippen LogP contribution in [0.4, 0.5) is 0 Å². The summed E-state index contributed by atoms with van der Waals surface area (Å²) in [6, 6.07) is 21.2. The van der Waals surface area contributed by atoms with Crippen molar-refractivity contribution in [1.82, 2.24) is 4.57 Å². The molecular formula is C30H22BrClN2O3S. The van der Waals surface area contributed by atoms with Crippen LogP contribution in [-0.2, 0) is 0 Å². The van der Waals surface area contributed by atoms with Gasteiger partial charge in [-0.15, -0.1) is 6.42 Å². The van der Waals surface area contributed by atoms with Crippen molar-refractivity contribution < 1.29 is 9.47 Å². The second kappa shape index (κ2) is 11.4. The Kier molecular flexibility index (Phi) is 7.85. The van der Waals surface area contributed by atoms with Gasteiger partial charge in [-0.3, -0.25) is 9.36 Å². The van der Waals surface area contributed by atoms with Crippen LogP contribution in [0.1, 0.15) is 29.7 Å². The highest BCUT2D eigenvalue weighted by Gasteiger charge is 2.22. The highest BCUT2D eigenvalue weighted by molar-refractivity contribution is 9.10. The summed E-state index contributed by atoms with van der Waals surface area (Å²) in [5, 5.41) is 0.351. The molecule has 8 heteroatoms. The average molecular weight is 606 g/mol. The number of rotatable bonds is 7. The lowest BCUT2D eigenvalue weighted by molar-refractivity contribution is 0.299. The quantitative estimate of drug-likeness (QED) is 0.249. The first-order valence-electron chi connectivity index (χ1n) is 11.9. The zero-order valence-corrected chi connectivity index (χ0v) is 23.5. The molecule has 0 saturated heterocycles. The van der Waals surface area contributed by atoms with E-state index in [0.29, 0.717) is 38.0 Å². The van der Waals surface area contributed by atoms with Crippen LogP contribution in [0.2, 0.25) is 5.02 Å². The lowest BCUT2D eigenvalue weighted by Crippen LogP contribution is -2.36. The molecule has 1 aromatic heterocycles. The van der Waals surface area contributed by atoms with E-state index >= 15 is 0 Å². The number of hydrogen-bond donors (Lipinski definition) is 0. The Morgan fingerprint density at radius 3 is 2.63 bits per heavy atom. The van der Waals surface area contributed by atoms with Crippen molar-refractivity contribution >= 4 is 50.6 Å². The number of thiazole rings is 1. The summed E-state index contributed by atoms with van der Waals surface area (Å²) in [7, 11) is 0. The van der Waals surface area contributed by atoms with Gasteiger partial charge in [0.2, 0.25) is 0 Å². The molecule has 1 unspecified atom stereocenters. The fraction of sp³-hybridized carbons (Fsp3) is 0.133. The van der Waals surface area contributed by atoms with Gasteiger partial charge in [-0.1, -0.05) is 87.3 Å². The van der Waals surface area contributed by atoms with Crippen LogP contribution >= 0.6 is 38.9 Å².